The molecule has 0 spiro atoms. The monoisotopic (exact) mass is 268 g/mol. The van der Waals surface area contributed by atoms with Crippen LogP contribution in [0.1, 0.15) is 23.4 Å². The Hall–Kier alpha value is -0.650. The van der Waals surface area contributed by atoms with Crippen LogP contribution in [0.5, 0.6) is 0 Å². The Morgan fingerprint density at radius 3 is 2.94 bits per heavy atom. The lowest BCUT2D eigenvalue weighted by molar-refractivity contribution is 0.314. The first-order valence-electron chi connectivity index (χ1n) is 6.64. The van der Waals surface area contributed by atoms with Crippen molar-refractivity contribution in [1.82, 2.24) is 15.2 Å². The van der Waals surface area contributed by atoms with Gasteiger partial charge in [-0.25, -0.2) is 4.98 Å². The Labute approximate surface area is 114 Å². The molecule has 0 bridgehead atoms. The number of rotatable bonds is 5. The number of hydrogen-bond donors (Lipinski definition) is 1. The second kappa shape index (κ2) is 5.99. The van der Waals surface area contributed by atoms with Crippen molar-refractivity contribution < 1.29 is 0 Å². The van der Waals surface area contributed by atoms with Crippen molar-refractivity contribution >= 4 is 16.5 Å². The highest BCUT2D eigenvalue weighted by Gasteiger charge is 2.23. The summed E-state index contributed by atoms with van der Waals surface area (Å²) in [5.74, 6) is 0. The Morgan fingerprint density at radius 2 is 2.33 bits per heavy atom. The average molecular weight is 268 g/mol. The third kappa shape index (κ3) is 3.02. The van der Waals surface area contributed by atoms with Gasteiger partial charge >= 0.3 is 0 Å². The largest absolute Gasteiger partial charge is 0.350 e. The normalized spacial score (nSPS) is 20.6. The van der Waals surface area contributed by atoms with Crippen LogP contribution in [0.25, 0.3) is 0 Å². The summed E-state index contributed by atoms with van der Waals surface area (Å²) in [6, 6.07) is 0.687. The van der Waals surface area contributed by atoms with Gasteiger partial charge in [0.15, 0.2) is 5.13 Å². The number of hydrogen-bond acceptors (Lipinski definition) is 5. The molecule has 2 heterocycles. The van der Waals surface area contributed by atoms with Crippen molar-refractivity contribution in [3.63, 3.8) is 0 Å². The van der Waals surface area contributed by atoms with Crippen LogP contribution in [0.4, 0.5) is 5.13 Å². The van der Waals surface area contributed by atoms with E-state index in [0.29, 0.717) is 6.04 Å². The third-order valence-corrected chi connectivity index (χ3v) is 4.97. The van der Waals surface area contributed by atoms with Crippen molar-refractivity contribution in [2.75, 3.05) is 39.1 Å². The van der Waals surface area contributed by atoms with E-state index in [9.17, 15) is 0 Å². The molecule has 1 unspecified atom stereocenters. The maximum absolute atomic E-state index is 4.68. The van der Waals surface area contributed by atoms with Crippen LogP contribution in [-0.4, -0.2) is 50.2 Å². The van der Waals surface area contributed by atoms with E-state index in [4.69, 9.17) is 0 Å². The van der Waals surface area contributed by atoms with Crippen LogP contribution in [-0.2, 0) is 6.54 Å². The van der Waals surface area contributed by atoms with Crippen molar-refractivity contribution in [3.05, 3.63) is 10.6 Å². The van der Waals surface area contributed by atoms with E-state index in [1.807, 2.05) is 18.4 Å². The molecule has 1 aliphatic heterocycles. The fraction of sp³-hybridized carbons (Fsp3) is 0.769. The van der Waals surface area contributed by atoms with Crippen molar-refractivity contribution in [3.8, 4) is 0 Å². The molecule has 1 saturated heterocycles. The summed E-state index contributed by atoms with van der Waals surface area (Å²) in [4.78, 5) is 10.8. The molecule has 0 aliphatic carbocycles. The Kier molecular flexibility index (Phi) is 4.59. The molecule has 0 radical (unpaired) electrons. The van der Waals surface area contributed by atoms with E-state index in [2.05, 4.69) is 41.1 Å². The van der Waals surface area contributed by atoms with Gasteiger partial charge in [-0.15, -0.1) is 11.3 Å². The van der Waals surface area contributed by atoms with Gasteiger partial charge in [0.1, 0.15) is 0 Å². The van der Waals surface area contributed by atoms with Gasteiger partial charge in [0.2, 0.25) is 0 Å². The molecular weight excluding hydrogens is 244 g/mol. The molecule has 1 aromatic rings. The molecule has 18 heavy (non-hydrogen) atoms. The van der Waals surface area contributed by atoms with Crippen molar-refractivity contribution in [1.29, 1.82) is 0 Å². The number of nitrogens with one attached hydrogen (secondary N) is 1. The molecule has 4 nitrogen and oxygen atoms in total. The second-order valence-electron chi connectivity index (χ2n) is 5.19. The first-order valence-corrected chi connectivity index (χ1v) is 7.45. The number of anilines is 1. The lowest BCUT2D eigenvalue weighted by Gasteiger charge is -2.25. The van der Waals surface area contributed by atoms with E-state index in [0.717, 1.165) is 23.9 Å². The highest BCUT2D eigenvalue weighted by Crippen LogP contribution is 2.26. The summed E-state index contributed by atoms with van der Waals surface area (Å²) in [5.41, 5.74) is 1.16. The van der Waals surface area contributed by atoms with Gasteiger partial charge in [-0.05, 0) is 40.4 Å². The zero-order valence-corrected chi connectivity index (χ0v) is 12.7. The van der Waals surface area contributed by atoms with Gasteiger partial charge < -0.3 is 15.1 Å². The van der Waals surface area contributed by atoms with Gasteiger partial charge in [-0.1, -0.05) is 0 Å². The molecule has 1 atom stereocenters. The van der Waals surface area contributed by atoms with Gasteiger partial charge in [-0.3, -0.25) is 0 Å². The van der Waals surface area contributed by atoms with Gasteiger partial charge in [-0.2, -0.15) is 0 Å². The molecule has 2 rings (SSSR count). The number of likely N-dealkylation sites (tertiary alicyclic amines) is 1. The summed E-state index contributed by atoms with van der Waals surface area (Å²) >= 11 is 1.81. The molecule has 0 aromatic carbocycles. The Balaban J connectivity index is 1.99. The predicted octanol–water partition coefficient (Wildman–Crippen LogP) is 1.70. The molecule has 1 fully saturated rings. The number of likely N-dealkylation sites (N-methyl/N-ethyl adjacent to an activating group) is 2. The SMILES string of the molecule is CNCc1sc(N(C)CC2CCCN2C)nc1C. The lowest BCUT2D eigenvalue weighted by atomic mass is 10.2. The third-order valence-electron chi connectivity index (χ3n) is 3.70. The standard InChI is InChI=1S/C13H24N4S/c1-10-12(8-14-2)18-13(15-10)17(4)9-11-6-5-7-16(11)3/h11,14H,5-9H2,1-4H3. The van der Waals surface area contributed by atoms with Gasteiger partial charge in [0.05, 0.1) is 5.69 Å². The van der Waals surface area contributed by atoms with Crippen LogP contribution in [0.2, 0.25) is 0 Å². The average Bonchev–Trinajstić information content (AvgIpc) is 2.88. The quantitative estimate of drug-likeness (QED) is 0.881. The summed E-state index contributed by atoms with van der Waals surface area (Å²) in [6.07, 6.45) is 2.64. The first kappa shape index (κ1) is 13.8. The number of aryl methyl sites for hydroxylation is 1. The van der Waals surface area contributed by atoms with Crippen LogP contribution < -0.4 is 10.2 Å². The minimum absolute atomic E-state index is 0.687. The fourth-order valence-corrected chi connectivity index (χ4v) is 3.55. The number of nitrogens with zero attached hydrogens (tertiary/aromatic N) is 3. The summed E-state index contributed by atoms with van der Waals surface area (Å²) in [5, 5.41) is 4.35. The van der Waals surface area contributed by atoms with Gasteiger partial charge in [0, 0.05) is 31.1 Å². The van der Waals surface area contributed by atoms with E-state index in [1.165, 1.54) is 24.3 Å². The number of aromatic nitrogens is 1. The summed E-state index contributed by atoms with van der Waals surface area (Å²) in [6.45, 7) is 5.34. The van der Waals surface area contributed by atoms with E-state index in [1.54, 1.807) is 0 Å². The topological polar surface area (TPSA) is 31.4 Å². The van der Waals surface area contributed by atoms with Crippen molar-refractivity contribution in [2.45, 2.75) is 32.4 Å². The maximum atomic E-state index is 4.68. The second-order valence-corrected chi connectivity index (χ2v) is 6.25. The summed E-state index contributed by atoms with van der Waals surface area (Å²) < 4.78 is 0. The van der Waals surface area contributed by atoms with E-state index >= 15 is 0 Å². The molecule has 1 aliphatic rings. The minimum atomic E-state index is 0.687. The highest BCUT2D eigenvalue weighted by molar-refractivity contribution is 7.15. The molecule has 0 saturated carbocycles. The predicted molar refractivity (Wildman–Crippen MR) is 78.5 cm³/mol. The minimum Gasteiger partial charge on any atom is -0.350 e. The van der Waals surface area contributed by atoms with E-state index < -0.39 is 0 Å². The molecule has 5 heteroatoms. The lowest BCUT2D eigenvalue weighted by Crippen LogP contribution is -2.36. The summed E-state index contributed by atoms with van der Waals surface area (Å²) in [7, 11) is 6.37. The van der Waals surface area contributed by atoms with Crippen molar-refractivity contribution in [2.24, 2.45) is 0 Å². The van der Waals surface area contributed by atoms with Crippen LogP contribution >= 0.6 is 11.3 Å². The smallest absolute Gasteiger partial charge is 0.185 e. The Bertz CT molecular complexity index is 390. The zero-order chi connectivity index (χ0) is 13.1. The van der Waals surface area contributed by atoms with Gasteiger partial charge in [0.25, 0.3) is 0 Å². The van der Waals surface area contributed by atoms with Crippen LogP contribution in [0.3, 0.4) is 0 Å². The molecule has 102 valence electrons. The molecule has 0 amide bonds. The number of thiazole rings is 1. The van der Waals surface area contributed by atoms with Crippen LogP contribution in [0.15, 0.2) is 0 Å². The first-order chi connectivity index (χ1) is 8.61. The fourth-order valence-electron chi connectivity index (χ4n) is 2.50. The highest BCUT2D eigenvalue weighted by atomic mass is 32.1. The zero-order valence-electron chi connectivity index (χ0n) is 11.9. The van der Waals surface area contributed by atoms with Crippen LogP contribution in [0, 0.1) is 6.92 Å². The maximum Gasteiger partial charge on any atom is 0.185 e. The molecule has 1 aromatic heterocycles. The Morgan fingerprint density at radius 1 is 1.56 bits per heavy atom. The molecular formula is C13H24N4S. The van der Waals surface area contributed by atoms with E-state index in [-0.39, 0.29) is 0 Å². The molecule has 1 N–H and O–H groups in total.